The zero-order chi connectivity index (χ0) is 18.3. The largest absolute Gasteiger partial charge is 0.349 e. The van der Waals surface area contributed by atoms with Crippen molar-refractivity contribution in [2.75, 3.05) is 0 Å². The number of nitrogens with zero attached hydrogens (tertiary/aromatic N) is 2. The molecule has 3 N–H and O–H groups in total. The summed E-state index contributed by atoms with van der Waals surface area (Å²) in [5.74, 6) is 0.384. The highest BCUT2D eigenvalue weighted by atomic mass is 35.5. The van der Waals surface area contributed by atoms with Crippen LogP contribution < -0.4 is 11.1 Å². The fourth-order valence-corrected chi connectivity index (χ4v) is 3.90. The van der Waals surface area contributed by atoms with E-state index in [0.29, 0.717) is 16.5 Å². The van der Waals surface area contributed by atoms with Crippen molar-refractivity contribution in [1.82, 2.24) is 15.1 Å². The second kappa shape index (κ2) is 7.05. The number of carbonyl (C=O) groups excluding carboxylic acids is 1. The van der Waals surface area contributed by atoms with Crippen molar-refractivity contribution in [3.63, 3.8) is 0 Å². The first-order valence-corrected chi connectivity index (χ1v) is 9.81. The van der Waals surface area contributed by atoms with Crippen LogP contribution in [0.25, 0.3) is 5.69 Å². The Morgan fingerprint density at radius 2 is 1.96 bits per heavy atom. The van der Waals surface area contributed by atoms with E-state index < -0.39 is 0 Å². The maximum absolute atomic E-state index is 12.9. The van der Waals surface area contributed by atoms with Crippen LogP contribution in [0.2, 0.25) is 5.02 Å². The topological polar surface area (TPSA) is 72.9 Å². The number of hydrogen-bond acceptors (Lipinski definition) is 3. The summed E-state index contributed by atoms with van der Waals surface area (Å²) in [4.78, 5) is 12.9. The van der Waals surface area contributed by atoms with Crippen LogP contribution in [0.4, 0.5) is 0 Å². The second-order valence-electron chi connectivity index (χ2n) is 7.65. The zero-order valence-corrected chi connectivity index (χ0v) is 15.8. The molecule has 4 rings (SSSR count). The van der Waals surface area contributed by atoms with Gasteiger partial charge in [0.2, 0.25) is 0 Å². The van der Waals surface area contributed by atoms with Gasteiger partial charge < -0.3 is 11.1 Å². The molecule has 0 saturated heterocycles. The third-order valence-corrected chi connectivity index (χ3v) is 5.93. The number of rotatable bonds is 4. The van der Waals surface area contributed by atoms with Gasteiger partial charge in [0.05, 0.1) is 23.1 Å². The second-order valence-corrected chi connectivity index (χ2v) is 8.06. The van der Waals surface area contributed by atoms with Crippen molar-refractivity contribution in [3.8, 4) is 5.69 Å². The van der Waals surface area contributed by atoms with Crippen molar-refractivity contribution in [2.24, 2.45) is 5.73 Å². The highest BCUT2D eigenvalue weighted by Gasteiger charge is 2.33. The lowest BCUT2D eigenvalue weighted by atomic mass is 9.91. The fraction of sp³-hybridized carbons (Fsp3) is 0.500. The van der Waals surface area contributed by atoms with E-state index >= 15 is 0 Å². The Hall–Kier alpha value is -1.85. The SMILES string of the molecule is Cc1ccc(-n2ncc(C(=O)NC3CCC(N)CC3)c2C2CC2)cc1Cl. The van der Waals surface area contributed by atoms with Gasteiger partial charge in [-0.05, 0) is 63.1 Å². The minimum atomic E-state index is -0.0168. The first-order chi connectivity index (χ1) is 12.5. The van der Waals surface area contributed by atoms with Crippen LogP contribution >= 0.6 is 11.6 Å². The summed E-state index contributed by atoms with van der Waals surface area (Å²) in [5, 5.41) is 8.42. The van der Waals surface area contributed by atoms with E-state index in [1.54, 1.807) is 6.20 Å². The van der Waals surface area contributed by atoms with Crippen LogP contribution in [0.1, 0.15) is 66.1 Å². The van der Waals surface area contributed by atoms with Gasteiger partial charge in [-0.2, -0.15) is 5.10 Å². The van der Waals surface area contributed by atoms with Gasteiger partial charge in [0.1, 0.15) is 0 Å². The van der Waals surface area contributed by atoms with Crippen LogP contribution in [0.15, 0.2) is 24.4 Å². The van der Waals surface area contributed by atoms with E-state index in [0.717, 1.165) is 55.5 Å². The molecule has 5 nitrogen and oxygen atoms in total. The molecule has 1 aromatic heterocycles. The number of aryl methyl sites for hydroxylation is 1. The third kappa shape index (κ3) is 3.51. The van der Waals surface area contributed by atoms with Gasteiger partial charge in [-0.1, -0.05) is 17.7 Å². The van der Waals surface area contributed by atoms with E-state index in [-0.39, 0.29) is 18.0 Å². The summed E-state index contributed by atoms with van der Waals surface area (Å²) < 4.78 is 1.88. The molecule has 2 aromatic rings. The molecule has 26 heavy (non-hydrogen) atoms. The third-order valence-electron chi connectivity index (χ3n) is 5.52. The highest BCUT2D eigenvalue weighted by Crippen LogP contribution is 2.42. The van der Waals surface area contributed by atoms with Gasteiger partial charge in [0.25, 0.3) is 5.91 Å². The maximum Gasteiger partial charge on any atom is 0.255 e. The summed E-state index contributed by atoms with van der Waals surface area (Å²) in [7, 11) is 0. The van der Waals surface area contributed by atoms with Crippen LogP contribution in [-0.4, -0.2) is 27.8 Å². The number of amides is 1. The molecule has 2 fully saturated rings. The number of nitrogens with one attached hydrogen (secondary N) is 1. The molecule has 1 amide bonds. The molecular formula is C20H25ClN4O. The van der Waals surface area contributed by atoms with Crippen molar-refractivity contribution in [2.45, 2.75) is 63.5 Å². The summed E-state index contributed by atoms with van der Waals surface area (Å²) in [6.45, 7) is 1.98. The molecule has 0 unspecified atom stereocenters. The highest BCUT2D eigenvalue weighted by molar-refractivity contribution is 6.31. The maximum atomic E-state index is 12.9. The number of nitrogens with two attached hydrogens (primary N) is 1. The number of aromatic nitrogens is 2. The Balaban J connectivity index is 1.60. The van der Waals surface area contributed by atoms with Crippen molar-refractivity contribution in [3.05, 3.63) is 46.2 Å². The molecule has 138 valence electrons. The molecule has 6 heteroatoms. The molecule has 0 spiro atoms. The van der Waals surface area contributed by atoms with E-state index in [1.165, 1.54) is 0 Å². The van der Waals surface area contributed by atoms with Crippen LogP contribution in [0.3, 0.4) is 0 Å². The summed E-state index contributed by atoms with van der Waals surface area (Å²) >= 11 is 6.29. The molecule has 1 aromatic carbocycles. The summed E-state index contributed by atoms with van der Waals surface area (Å²) in [6, 6.07) is 6.40. The molecule has 1 heterocycles. The quantitative estimate of drug-likeness (QED) is 0.859. The van der Waals surface area contributed by atoms with Gasteiger partial charge in [0.15, 0.2) is 0 Å². The lowest BCUT2D eigenvalue weighted by Gasteiger charge is -2.26. The fourth-order valence-electron chi connectivity index (χ4n) is 3.73. The predicted molar refractivity (Wildman–Crippen MR) is 103 cm³/mol. The van der Waals surface area contributed by atoms with Crippen molar-refractivity contribution in [1.29, 1.82) is 0 Å². The van der Waals surface area contributed by atoms with Crippen molar-refractivity contribution < 1.29 is 4.79 Å². The molecule has 0 radical (unpaired) electrons. The Bertz CT molecular complexity index is 819. The van der Waals surface area contributed by atoms with E-state index in [2.05, 4.69) is 10.4 Å². The molecule has 2 aliphatic rings. The lowest BCUT2D eigenvalue weighted by molar-refractivity contribution is 0.0925. The standard InChI is InChI=1S/C20H25ClN4O/c1-12-2-9-16(10-18(12)21)25-19(13-3-4-13)17(11-23-25)20(26)24-15-7-5-14(22)6-8-15/h2,9-11,13-15H,3-8,22H2,1H3,(H,24,26). The molecule has 2 saturated carbocycles. The molecule has 0 aliphatic heterocycles. The summed E-state index contributed by atoms with van der Waals surface area (Å²) in [6.07, 6.45) is 7.75. The average Bonchev–Trinajstić information content (AvgIpc) is 3.37. The number of carbonyl (C=O) groups is 1. The average molecular weight is 373 g/mol. The van der Waals surface area contributed by atoms with E-state index in [4.69, 9.17) is 17.3 Å². The smallest absolute Gasteiger partial charge is 0.255 e. The van der Waals surface area contributed by atoms with Gasteiger partial charge in [-0.25, -0.2) is 4.68 Å². The van der Waals surface area contributed by atoms with Crippen LogP contribution in [-0.2, 0) is 0 Å². The Labute approximate surface area is 158 Å². The normalized spacial score (nSPS) is 23.0. The molecule has 2 aliphatic carbocycles. The minimum absolute atomic E-state index is 0.0168. The molecule has 0 atom stereocenters. The van der Waals surface area contributed by atoms with Gasteiger partial charge in [-0.15, -0.1) is 0 Å². The van der Waals surface area contributed by atoms with Crippen LogP contribution in [0, 0.1) is 6.92 Å². The molecular weight excluding hydrogens is 348 g/mol. The minimum Gasteiger partial charge on any atom is -0.349 e. The molecule has 0 bridgehead atoms. The Kier molecular flexibility index (Phi) is 4.76. The monoisotopic (exact) mass is 372 g/mol. The first kappa shape index (κ1) is 17.6. The summed E-state index contributed by atoms with van der Waals surface area (Å²) in [5.41, 5.74) is 9.61. The first-order valence-electron chi connectivity index (χ1n) is 9.44. The number of benzene rings is 1. The lowest BCUT2D eigenvalue weighted by Crippen LogP contribution is -2.40. The van der Waals surface area contributed by atoms with Gasteiger partial charge >= 0.3 is 0 Å². The van der Waals surface area contributed by atoms with Crippen molar-refractivity contribution >= 4 is 17.5 Å². The zero-order valence-electron chi connectivity index (χ0n) is 15.0. The number of hydrogen-bond donors (Lipinski definition) is 2. The number of halogens is 1. The van der Waals surface area contributed by atoms with Gasteiger partial charge in [0, 0.05) is 23.0 Å². The van der Waals surface area contributed by atoms with E-state index in [9.17, 15) is 4.79 Å². The van der Waals surface area contributed by atoms with Gasteiger partial charge in [-0.3, -0.25) is 4.79 Å². The van der Waals surface area contributed by atoms with Crippen LogP contribution in [0.5, 0.6) is 0 Å². The Morgan fingerprint density at radius 3 is 2.62 bits per heavy atom. The van der Waals surface area contributed by atoms with E-state index in [1.807, 2.05) is 29.8 Å². The Morgan fingerprint density at radius 1 is 1.23 bits per heavy atom. The predicted octanol–water partition coefficient (Wildman–Crippen LogP) is 3.71.